The first-order valence-electron chi connectivity index (χ1n) is 5.56. The first-order valence-corrected chi connectivity index (χ1v) is 5.56. The van der Waals surface area contributed by atoms with Crippen LogP contribution >= 0.6 is 0 Å². The number of aromatic amines is 1. The Hall–Kier alpha value is -2.28. The molecule has 86 valence electrons. The molecule has 0 aliphatic carbocycles. The molecule has 0 aliphatic heterocycles. The molecule has 0 radical (unpaired) electrons. The van der Waals surface area contributed by atoms with Crippen LogP contribution in [0.4, 0.5) is 0 Å². The zero-order valence-corrected chi connectivity index (χ0v) is 9.60. The molecule has 0 atom stereocenters. The Labute approximate surface area is 99.1 Å². The summed E-state index contributed by atoms with van der Waals surface area (Å²) in [6, 6.07) is 10.6. The zero-order valence-electron chi connectivity index (χ0n) is 9.60. The second-order valence-electron chi connectivity index (χ2n) is 3.87. The van der Waals surface area contributed by atoms with Crippen molar-refractivity contribution in [1.29, 1.82) is 5.26 Å². The minimum absolute atomic E-state index is 0.0939. The summed E-state index contributed by atoms with van der Waals surface area (Å²) in [6.45, 7) is 2.06. The molecule has 0 amide bonds. The van der Waals surface area contributed by atoms with Gasteiger partial charge in [-0.25, -0.2) is 4.68 Å². The summed E-state index contributed by atoms with van der Waals surface area (Å²) >= 11 is 0. The van der Waals surface area contributed by atoms with Gasteiger partial charge in [-0.3, -0.25) is 9.89 Å². The SMILES string of the molecule is CCCc1cc(=O)n(-c2cccc(C#N)c2)[nH]1. The van der Waals surface area contributed by atoms with Gasteiger partial charge in [0.2, 0.25) is 0 Å². The van der Waals surface area contributed by atoms with E-state index >= 15 is 0 Å². The van der Waals surface area contributed by atoms with Crippen molar-refractivity contribution in [3.05, 3.63) is 51.9 Å². The maximum atomic E-state index is 11.8. The Bertz CT molecular complexity index is 616. The Morgan fingerprint density at radius 3 is 2.94 bits per heavy atom. The highest BCUT2D eigenvalue weighted by Crippen LogP contribution is 2.08. The van der Waals surface area contributed by atoms with Crippen LogP contribution < -0.4 is 5.56 Å². The minimum atomic E-state index is -0.0939. The smallest absolute Gasteiger partial charge is 0.271 e. The Morgan fingerprint density at radius 2 is 2.24 bits per heavy atom. The molecule has 1 N–H and O–H groups in total. The molecule has 2 aromatic rings. The molecular weight excluding hydrogens is 214 g/mol. The van der Waals surface area contributed by atoms with Crippen molar-refractivity contribution >= 4 is 0 Å². The van der Waals surface area contributed by atoms with Crippen LogP contribution in [0.15, 0.2) is 35.1 Å². The van der Waals surface area contributed by atoms with Crippen LogP contribution in [0.2, 0.25) is 0 Å². The van der Waals surface area contributed by atoms with Crippen LogP contribution in [0.1, 0.15) is 24.6 Å². The van der Waals surface area contributed by atoms with Crippen LogP contribution in [0, 0.1) is 11.3 Å². The first kappa shape index (κ1) is 11.2. The third-order valence-electron chi connectivity index (χ3n) is 2.53. The van der Waals surface area contributed by atoms with E-state index in [0.29, 0.717) is 11.3 Å². The van der Waals surface area contributed by atoms with Crippen LogP contribution in [-0.4, -0.2) is 9.78 Å². The highest BCUT2D eigenvalue weighted by atomic mass is 16.1. The molecule has 0 bridgehead atoms. The quantitative estimate of drug-likeness (QED) is 0.871. The van der Waals surface area contributed by atoms with E-state index in [1.54, 1.807) is 30.3 Å². The summed E-state index contributed by atoms with van der Waals surface area (Å²) in [5, 5.41) is 11.9. The van der Waals surface area contributed by atoms with Crippen molar-refractivity contribution in [2.45, 2.75) is 19.8 Å². The number of nitrogens with one attached hydrogen (secondary N) is 1. The highest BCUT2D eigenvalue weighted by molar-refractivity contribution is 5.40. The van der Waals surface area contributed by atoms with Gasteiger partial charge in [-0.1, -0.05) is 19.4 Å². The molecule has 4 heteroatoms. The van der Waals surface area contributed by atoms with Gasteiger partial charge < -0.3 is 0 Å². The van der Waals surface area contributed by atoms with E-state index in [1.807, 2.05) is 0 Å². The predicted molar refractivity (Wildman–Crippen MR) is 65.1 cm³/mol. The average molecular weight is 227 g/mol. The summed E-state index contributed by atoms with van der Waals surface area (Å²) in [4.78, 5) is 11.8. The lowest BCUT2D eigenvalue weighted by Crippen LogP contribution is -2.13. The highest BCUT2D eigenvalue weighted by Gasteiger charge is 2.04. The standard InChI is InChI=1S/C13H13N3O/c1-2-4-11-8-13(17)16(15-11)12-6-3-5-10(7-12)9-14/h3,5-8,15H,2,4H2,1H3. The lowest BCUT2D eigenvalue weighted by Gasteiger charge is -2.01. The third kappa shape index (κ3) is 2.28. The topological polar surface area (TPSA) is 61.6 Å². The number of hydrogen-bond donors (Lipinski definition) is 1. The Morgan fingerprint density at radius 1 is 1.41 bits per heavy atom. The number of hydrogen-bond acceptors (Lipinski definition) is 2. The van der Waals surface area contributed by atoms with Gasteiger partial charge in [0.1, 0.15) is 0 Å². The molecule has 0 aliphatic rings. The second-order valence-corrected chi connectivity index (χ2v) is 3.87. The summed E-state index contributed by atoms with van der Waals surface area (Å²) < 4.78 is 1.46. The molecule has 17 heavy (non-hydrogen) atoms. The van der Waals surface area contributed by atoms with Gasteiger partial charge >= 0.3 is 0 Å². The number of aryl methyl sites for hydroxylation is 1. The second kappa shape index (κ2) is 4.71. The molecule has 4 nitrogen and oxygen atoms in total. The molecule has 0 unspecified atom stereocenters. The van der Waals surface area contributed by atoms with Gasteiger partial charge in [0.15, 0.2) is 0 Å². The number of rotatable bonds is 3. The van der Waals surface area contributed by atoms with Crippen molar-refractivity contribution in [3.8, 4) is 11.8 Å². The number of benzene rings is 1. The van der Waals surface area contributed by atoms with E-state index in [4.69, 9.17) is 5.26 Å². The molecule has 0 fully saturated rings. The molecule has 1 heterocycles. The van der Waals surface area contributed by atoms with Gasteiger partial charge in [-0.15, -0.1) is 0 Å². The average Bonchev–Trinajstić information content (AvgIpc) is 2.71. The molecule has 0 saturated heterocycles. The van der Waals surface area contributed by atoms with E-state index < -0.39 is 0 Å². The van der Waals surface area contributed by atoms with E-state index in [-0.39, 0.29) is 5.56 Å². The van der Waals surface area contributed by atoms with Crippen molar-refractivity contribution in [1.82, 2.24) is 9.78 Å². The van der Waals surface area contributed by atoms with Gasteiger partial charge in [-0.05, 0) is 24.6 Å². The fraction of sp³-hybridized carbons (Fsp3) is 0.231. The van der Waals surface area contributed by atoms with Crippen molar-refractivity contribution in [2.75, 3.05) is 0 Å². The van der Waals surface area contributed by atoms with E-state index in [2.05, 4.69) is 18.1 Å². The largest absolute Gasteiger partial charge is 0.295 e. The number of aromatic nitrogens is 2. The summed E-state index contributed by atoms with van der Waals surface area (Å²) in [6.07, 6.45) is 1.83. The molecule has 1 aromatic heterocycles. The van der Waals surface area contributed by atoms with Crippen LogP contribution in [-0.2, 0) is 6.42 Å². The maximum absolute atomic E-state index is 11.8. The fourth-order valence-corrected chi connectivity index (χ4v) is 1.75. The van der Waals surface area contributed by atoms with Crippen molar-refractivity contribution < 1.29 is 0 Å². The Kier molecular flexibility index (Phi) is 3.10. The first-order chi connectivity index (χ1) is 8.24. The summed E-state index contributed by atoms with van der Waals surface area (Å²) in [5.74, 6) is 0. The number of nitrogens with zero attached hydrogens (tertiary/aromatic N) is 2. The van der Waals surface area contributed by atoms with Crippen LogP contribution in [0.3, 0.4) is 0 Å². The molecule has 0 spiro atoms. The third-order valence-corrected chi connectivity index (χ3v) is 2.53. The number of H-pyrrole nitrogens is 1. The number of nitriles is 1. The van der Waals surface area contributed by atoms with E-state index in [9.17, 15) is 4.79 Å². The molecule has 0 saturated carbocycles. The van der Waals surface area contributed by atoms with Crippen molar-refractivity contribution in [2.24, 2.45) is 0 Å². The predicted octanol–water partition coefficient (Wildman–Crippen LogP) is 1.99. The summed E-state index contributed by atoms with van der Waals surface area (Å²) in [7, 11) is 0. The summed E-state index contributed by atoms with van der Waals surface area (Å²) in [5.41, 5.74) is 2.06. The van der Waals surface area contributed by atoms with Crippen LogP contribution in [0.25, 0.3) is 5.69 Å². The lowest BCUT2D eigenvalue weighted by molar-refractivity contribution is 0.793. The molecule has 2 rings (SSSR count). The molecular formula is C13H13N3O. The van der Waals surface area contributed by atoms with Crippen LogP contribution in [0.5, 0.6) is 0 Å². The van der Waals surface area contributed by atoms with Gasteiger partial charge in [-0.2, -0.15) is 5.26 Å². The van der Waals surface area contributed by atoms with Gasteiger partial charge in [0.05, 0.1) is 17.3 Å². The Balaban J connectivity index is 2.46. The van der Waals surface area contributed by atoms with E-state index in [0.717, 1.165) is 18.5 Å². The van der Waals surface area contributed by atoms with Gasteiger partial charge in [0.25, 0.3) is 5.56 Å². The lowest BCUT2D eigenvalue weighted by atomic mass is 10.2. The molecule has 1 aromatic carbocycles. The van der Waals surface area contributed by atoms with Crippen molar-refractivity contribution in [3.63, 3.8) is 0 Å². The monoisotopic (exact) mass is 227 g/mol. The minimum Gasteiger partial charge on any atom is -0.295 e. The zero-order chi connectivity index (χ0) is 12.3. The van der Waals surface area contributed by atoms with E-state index in [1.165, 1.54) is 4.68 Å². The maximum Gasteiger partial charge on any atom is 0.271 e. The normalized spacial score (nSPS) is 10.1. The van der Waals surface area contributed by atoms with Gasteiger partial charge in [0, 0.05) is 11.8 Å². The fourth-order valence-electron chi connectivity index (χ4n) is 1.75.